The second-order valence-corrected chi connectivity index (χ2v) is 11.7. The van der Waals surface area contributed by atoms with Crippen LogP contribution in [0.5, 0.6) is 11.5 Å². The first kappa shape index (κ1) is 26.7. The molecule has 1 N–H and O–H groups in total. The number of imide groups is 1. The van der Waals surface area contributed by atoms with Crippen molar-refractivity contribution in [3.8, 4) is 11.5 Å². The highest BCUT2D eigenvalue weighted by atomic mass is 79.9. The summed E-state index contributed by atoms with van der Waals surface area (Å²) in [6.45, 7) is 2.03. The molecule has 0 saturated carbocycles. The fraction of sp³-hybridized carbons (Fsp3) is 0.290. The molecule has 0 spiro atoms. The number of halogens is 2. The topological polar surface area (TPSA) is 101 Å². The van der Waals surface area contributed by atoms with E-state index in [2.05, 4.69) is 15.9 Å². The quantitative estimate of drug-likeness (QED) is 0.271. The van der Waals surface area contributed by atoms with Crippen molar-refractivity contribution in [1.82, 2.24) is 0 Å². The third-order valence-electron chi connectivity index (χ3n) is 8.54. The van der Waals surface area contributed by atoms with Crippen LogP contribution >= 0.6 is 27.5 Å². The molecule has 4 aliphatic rings. The summed E-state index contributed by atoms with van der Waals surface area (Å²) in [5, 5.41) is 10.4. The zero-order valence-electron chi connectivity index (χ0n) is 21.7. The van der Waals surface area contributed by atoms with Gasteiger partial charge in [0.05, 0.1) is 34.1 Å². The summed E-state index contributed by atoms with van der Waals surface area (Å²) in [5.74, 6) is -3.73. The molecule has 1 saturated heterocycles. The normalized spacial score (nSPS) is 25.9. The van der Waals surface area contributed by atoms with Crippen molar-refractivity contribution >= 4 is 56.6 Å². The summed E-state index contributed by atoms with van der Waals surface area (Å²) < 4.78 is 5.48. The number of fused-ring (bicyclic) bond motifs is 3. The number of benzene rings is 2. The number of allylic oxidation sites excluding steroid dienone is 6. The molecule has 1 fully saturated rings. The molecule has 1 heterocycles. The molecule has 4 atom stereocenters. The number of phenols is 1. The largest absolute Gasteiger partial charge is 0.503 e. The summed E-state index contributed by atoms with van der Waals surface area (Å²) in [6, 6.07) is 10.6. The first-order valence-electron chi connectivity index (χ1n) is 13.1. The van der Waals surface area contributed by atoms with Crippen LogP contribution in [-0.4, -0.2) is 35.6 Å². The van der Waals surface area contributed by atoms with Crippen molar-refractivity contribution in [1.29, 1.82) is 0 Å². The lowest BCUT2D eigenvalue weighted by Crippen LogP contribution is -2.39. The number of methoxy groups -OCH3 is 1. The van der Waals surface area contributed by atoms with Crippen LogP contribution < -0.4 is 9.64 Å². The van der Waals surface area contributed by atoms with E-state index in [0.29, 0.717) is 28.8 Å². The number of anilines is 1. The van der Waals surface area contributed by atoms with Crippen LogP contribution in [-0.2, 0) is 25.6 Å². The average Bonchev–Trinajstić information content (AvgIpc) is 3.21. The van der Waals surface area contributed by atoms with Gasteiger partial charge in [-0.25, -0.2) is 0 Å². The highest BCUT2D eigenvalue weighted by Crippen LogP contribution is 2.56. The molecule has 7 nitrogen and oxygen atoms in total. The molecule has 2 aromatic carbocycles. The Morgan fingerprint density at radius 1 is 1.07 bits per heavy atom. The number of phenolic OH excluding ortho intramolecular Hbond substituents is 1. The average molecular weight is 623 g/mol. The Hall–Kier alpha value is -3.49. The number of aryl methyl sites for hydroxylation is 1. The Labute approximate surface area is 244 Å². The van der Waals surface area contributed by atoms with Crippen LogP contribution in [0.3, 0.4) is 0 Å². The van der Waals surface area contributed by atoms with Gasteiger partial charge in [0.1, 0.15) is 0 Å². The molecule has 6 rings (SSSR count). The van der Waals surface area contributed by atoms with E-state index in [-0.39, 0.29) is 50.8 Å². The van der Waals surface area contributed by atoms with Gasteiger partial charge in [0.15, 0.2) is 23.1 Å². The Bertz CT molecular complexity index is 1600. The zero-order chi connectivity index (χ0) is 28.5. The van der Waals surface area contributed by atoms with Gasteiger partial charge < -0.3 is 9.84 Å². The molecular weight excluding hydrogens is 598 g/mol. The third kappa shape index (κ3) is 3.91. The van der Waals surface area contributed by atoms with Crippen molar-refractivity contribution < 1.29 is 29.0 Å². The summed E-state index contributed by atoms with van der Waals surface area (Å²) in [6.07, 6.45) is 4.54. The van der Waals surface area contributed by atoms with Crippen molar-refractivity contribution in [3.05, 3.63) is 85.9 Å². The predicted octanol–water partition coefficient (Wildman–Crippen LogP) is 5.58. The maximum Gasteiger partial charge on any atom is 0.238 e. The molecule has 3 aliphatic carbocycles. The Morgan fingerprint density at radius 2 is 1.80 bits per heavy atom. The standard InChI is InChI=1S/C31H25BrClNO6/c1-3-14-4-6-16(7-5-14)34-30(38)18-9-8-17-19(26(18)31(34)39)12-20-27(23(35)13-21(32)28(20)36)25(17)15-10-22(33)29(37)24(11-15)40-2/h4-8,10-11,13,18-19,25-26,37H,3,9,12H2,1-2H3. The molecule has 40 heavy (non-hydrogen) atoms. The number of carbonyl (C=O) groups excluding carboxylic acids is 4. The summed E-state index contributed by atoms with van der Waals surface area (Å²) in [7, 11) is 1.40. The van der Waals surface area contributed by atoms with E-state index in [1.54, 1.807) is 24.3 Å². The Kier molecular flexibility index (Phi) is 6.58. The van der Waals surface area contributed by atoms with E-state index in [1.807, 2.05) is 25.1 Å². The van der Waals surface area contributed by atoms with Crippen LogP contribution in [0, 0.1) is 17.8 Å². The van der Waals surface area contributed by atoms with Crippen molar-refractivity contribution in [2.75, 3.05) is 12.0 Å². The smallest absolute Gasteiger partial charge is 0.238 e. The molecule has 0 radical (unpaired) electrons. The van der Waals surface area contributed by atoms with E-state index < -0.39 is 23.7 Å². The van der Waals surface area contributed by atoms with Gasteiger partial charge in [-0.3, -0.25) is 24.1 Å². The van der Waals surface area contributed by atoms with Crippen molar-refractivity contribution in [3.63, 3.8) is 0 Å². The highest BCUT2D eigenvalue weighted by Gasteiger charge is 2.56. The van der Waals surface area contributed by atoms with E-state index in [9.17, 15) is 24.3 Å². The molecule has 4 unspecified atom stereocenters. The number of amides is 2. The Balaban J connectivity index is 1.49. The van der Waals surface area contributed by atoms with Crippen molar-refractivity contribution in [2.24, 2.45) is 17.8 Å². The van der Waals surface area contributed by atoms with E-state index in [1.165, 1.54) is 18.1 Å². The number of hydrogen-bond donors (Lipinski definition) is 1. The van der Waals surface area contributed by atoms with E-state index in [4.69, 9.17) is 16.3 Å². The molecular formula is C31H25BrClNO6. The number of Topliss-reactive ketones (excluding diaryl/α,β-unsaturated/α-hetero) is 1. The molecule has 204 valence electrons. The van der Waals surface area contributed by atoms with E-state index in [0.717, 1.165) is 17.6 Å². The fourth-order valence-electron chi connectivity index (χ4n) is 6.64. The monoisotopic (exact) mass is 621 g/mol. The number of aromatic hydroxyl groups is 1. The maximum absolute atomic E-state index is 14.0. The van der Waals surface area contributed by atoms with Gasteiger partial charge in [-0.1, -0.05) is 42.3 Å². The number of ketones is 2. The second kappa shape index (κ2) is 9.85. The minimum atomic E-state index is -0.698. The number of hydrogen-bond acceptors (Lipinski definition) is 6. The van der Waals surface area contributed by atoms with Crippen LogP contribution in [0.25, 0.3) is 0 Å². The van der Waals surface area contributed by atoms with Crippen molar-refractivity contribution in [2.45, 2.75) is 32.1 Å². The molecule has 9 heteroatoms. The Morgan fingerprint density at radius 3 is 2.48 bits per heavy atom. The van der Waals surface area contributed by atoms with Gasteiger partial charge in [0.2, 0.25) is 11.8 Å². The number of ether oxygens (including phenoxy) is 1. The first-order valence-corrected chi connectivity index (χ1v) is 14.3. The van der Waals surface area contributed by atoms with Gasteiger partial charge in [-0.2, -0.15) is 0 Å². The number of rotatable bonds is 4. The van der Waals surface area contributed by atoms with Gasteiger partial charge >= 0.3 is 0 Å². The van der Waals surface area contributed by atoms with E-state index >= 15 is 0 Å². The second-order valence-electron chi connectivity index (χ2n) is 10.5. The molecule has 0 aromatic heterocycles. The summed E-state index contributed by atoms with van der Waals surface area (Å²) in [4.78, 5) is 55.7. The molecule has 2 amide bonds. The van der Waals surface area contributed by atoms with Crippen LogP contribution in [0.4, 0.5) is 5.69 Å². The van der Waals surface area contributed by atoms with Gasteiger partial charge in [-0.15, -0.1) is 0 Å². The predicted molar refractivity (Wildman–Crippen MR) is 153 cm³/mol. The fourth-order valence-corrected chi connectivity index (χ4v) is 7.30. The van der Waals surface area contributed by atoms with Crippen LogP contribution in [0.1, 0.15) is 36.8 Å². The first-order chi connectivity index (χ1) is 19.2. The lowest BCUT2D eigenvalue weighted by atomic mass is 9.59. The van der Waals surface area contributed by atoms with Gasteiger partial charge in [0.25, 0.3) is 0 Å². The number of carbonyl (C=O) groups is 4. The third-order valence-corrected chi connectivity index (χ3v) is 9.42. The maximum atomic E-state index is 14.0. The van der Waals surface area contributed by atoms with Crippen LogP contribution in [0.2, 0.25) is 5.02 Å². The lowest BCUT2D eigenvalue weighted by Gasteiger charge is -2.42. The molecule has 0 bridgehead atoms. The summed E-state index contributed by atoms with van der Waals surface area (Å²) >= 11 is 9.59. The van der Waals surface area contributed by atoms with Gasteiger partial charge in [-0.05, 0) is 76.5 Å². The minimum Gasteiger partial charge on any atom is -0.503 e. The van der Waals surface area contributed by atoms with Gasteiger partial charge in [0, 0.05) is 23.1 Å². The minimum absolute atomic E-state index is 0.0352. The molecule has 2 aromatic rings. The lowest BCUT2D eigenvalue weighted by molar-refractivity contribution is -0.123. The zero-order valence-corrected chi connectivity index (χ0v) is 24.1. The SMILES string of the molecule is CCc1ccc(N2C(=O)C3CC=C4C(c5cc(Cl)c(O)c(OC)c5)C5=C(CC4C3C2=O)C(=O)C(Br)=CC5=O)cc1. The number of nitrogens with zero attached hydrogens (tertiary/aromatic N) is 1. The summed E-state index contributed by atoms with van der Waals surface area (Å²) in [5.41, 5.74) is 3.61. The van der Waals surface area contributed by atoms with Crippen LogP contribution in [0.15, 0.2) is 69.8 Å². The highest BCUT2D eigenvalue weighted by molar-refractivity contribution is 9.12. The molecule has 1 aliphatic heterocycles.